The maximum Gasteiger partial charge on any atom is 0.251 e. The summed E-state index contributed by atoms with van der Waals surface area (Å²) in [6.45, 7) is 3.21. The molecule has 6 nitrogen and oxygen atoms in total. The van der Waals surface area contributed by atoms with E-state index in [-0.39, 0.29) is 24.5 Å². The van der Waals surface area contributed by atoms with Crippen molar-refractivity contribution in [2.75, 3.05) is 32.8 Å². The van der Waals surface area contributed by atoms with E-state index in [1.54, 1.807) is 24.3 Å². The van der Waals surface area contributed by atoms with Gasteiger partial charge >= 0.3 is 0 Å². The molecule has 7 heteroatoms. The smallest absolute Gasteiger partial charge is 0.251 e. The van der Waals surface area contributed by atoms with E-state index < -0.39 is 0 Å². The molecule has 1 aromatic rings. The van der Waals surface area contributed by atoms with Crippen molar-refractivity contribution >= 4 is 23.4 Å². The predicted octanol–water partition coefficient (Wildman–Crippen LogP) is 2.31. The fraction of sp³-hybridized carbons (Fsp3) is 0.619. The van der Waals surface area contributed by atoms with Crippen LogP contribution in [0.2, 0.25) is 5.02 Å². The van der Waals surface area contributed by atoms with Crippen LogP contribution >= 0.6 is 11.6 Å². The van der Waals surface area contributed by atoms with Gasteiger partial charge in [0, 0.05) is 48.8 Å². The van der Waals surface area contributed by atoms with Gasteiger partial charge in [-0.05, 0) is 49.9 Å². The molecule has 2 saturated heterocycles. The molecule has 2 aliphatic heterocycles. The second-order valence-electron chi connectivity index (χ2n) is 8.05. The molecule has 1 N–H and O–H groups in total. The Hall–Kier alpha value is -1.63. The summed E-state index contributed by atoms with van der Waals surface area (Å²) in [6, 6.07) is 7.86. The monoisotopic (exact) mass is 405 g/mol. The van der Waals surface area contributed by atoms with Gasteiger partial charge in [-0.3, -0.25) is 9.59 Å². The predicted molar refractivity (Wildman–Crippen MR) is 107 cm³/mol. The van der Waals surface area contributed by atoms with Crippen LogP contribution < -0.4 is 5.32 Å². The van der Waals surface area contributed by atoms with E-state index >= 15 is 0 Å². The normalized spacial score (nSPS) is 24.8. The third-order valence-electron chi connectivity index (χ3n) is 6.29. The summed E-state index contributed by atoms with van der Waals surface area (Å²) in [5.74, 6) is -0.0834. The van der Waals surface area contributed by atoms with Crippen molar-refractivity contribution in [2.45, 2.75) is 50.3 Å². The number of carbonyl (C=O) groups excluding carboxylic acids is 2. The Labute approximate surface area is 171 Å². The molecule has 1 atom stereocenters. The number of rotatable bonds is 5. The van der Waals surface area contributed by atoms with Crippen LogP contribution in [-0.2, 0) is 9.53 Å². The van der Waals surface area contributed by atoms with Gasteiger partial charge in [0.15, 0.2) is 0 Å². The molecule has 3 aliphatic rings. The Kier molecular flexibility index (Phi) is 6.19. The highest BCUT2D eigenvalue weighted by Gasteiger charge is 2.35. The lowest BCUT2D eigenvalue weighted by atomic mass is 9.89. The number of benzene rings is 1. The first-order valence-electron chi connectivity index (χ1n) is 10.3. The molecule has 28 heavy (non-hydrogen) atoms. The Morgan fingerprint density at radius 3 is 2.46 bits per heavy atom. The third kappa shape index (κ3) is 4.50. The average molecular weight is 406 g/mol. The van der Waals surface area contributed by atoms with Crippen molar-refractivity contribution in [3.05, 3.63) is 34.9 Å². The number of morpholine rings is 1. The van der Waals surface area contributed by atoms with Crippen LogP contribution in [-0.4, -0.2) is 72.6 Å². The van der Waals surface area contributed by atoms with Crippen LogP contribution in [0, 0.1) is 0 Å². The molecule has 4 rings (SSSR count). The van der Waals surface area contributed by atoms with E-state index in [9.17, 15) is 9.59 Å². The Morgan fingerprint density at radius 1 is 1.11 bits per heavy atom. The molecule has 0 unspecified atom stereocenters. The van der Waals surface area contributed by atoms with Crippen LogP contribution in [0.25, 0.3) is 0 Å². The van der Waals surface area contributed by atoms with Crippen molar-refractivity contribution in [1.29, 1.82) is 0 Å². The van der Waals surface area contributed by atoms with E-state index in [0.717, 1.165) is 32.0 Å². The summed E-state index contributed by atoms with van der Waals surface area (Å²) in [6.07, 6.45) is 5.92. The van der Waals surface area contributed by atoms with E-state index in [4.69, 9.17) is 16.3 Å². The van der Waals surface area contributed by atoms with Gasteiger partial charge in [0.05, 0.1) is 6.10 Å². The quantitative estimate of drug-likeness (QED) is 0.816. The SMILES string of the molecule is O=C(NC[C@H]1CN(C2CCN(C3CCC3)CC2)C(=O)CO1)c1ccc(Cl)cc1. The fourth-order valence-corrected chi connectivity index (χ4v) is 4.47. The highest BCUT2D eigenvalue weighted by atomic mass is 35.5. The molecule has 1 saturated carbocycles. The van der Waals surface area contributed by atoms with Crippen LogP contribution in [0.5, 0.6) is 0 Å². The molecule has 0 aromatic heterocycles. The molecule has 2 heterocycles. The van der Waals surface area contributed by atoms with Crippen molar-refractivity contribution in [2.24, 2.45) is 0 Å². The van der Waals surface area contributed by atoms with Crippen molar-refractivity contribution in [3.8, 4) is 0 Å². The van der Waals surface area contributed by atoms with Gasteiger partial charge in [0.2, 0.25) is 5.91 Å². The van der Waals surface area contributed by atoms with Crippen LogP contribution in [0.4, 0.5) is 0 Å². The molecular weight excluding hydrogens is 378 g/mol. The largest absolute Gasteiger partial charge is 0.365 e. The Balaban J connectivity index is 1.26. The third-order valence-corrected chi connectivity index (χ3v) is 6.54. The molecule has 0 bridgehead atoms. The van der Waals surface area contributed by atoms with Gasteiger partial charge in [-0.1, -0.05) is 18.0 Å². The number of ether oxygens (including phenoxy) is 1. The lowest BCUT2D eigenvalue weighted by molar-refractivity contribution is -0.153. The lowest BCUT2D eigenvalue weighted by Gasteiger charge is -2.45. The number of likely N-dealkylation sites (tertiary alicyclic amines) is 1. The maximum atomic E-state index is 12.4. The van der Waals surface area contributed by atoms with Gasteiger partial charge in [-0.25, -0.2) is 0 Å². The molecular formula is C21H28ClN3O3. The number of halogens is 1. The standard InChI is InChI=1S/C21H28ClN3O3/c22-16-6-4-15(5-7-16)21(27)23-12-19-13-25(20(26)14-28-19)18-8-10-24(11-9-18)17-2-1-3-17/h4-7,17-19H,1-3,8-14H2,(H,23,27)/t19-/m0/s1. The zero-order valence-electron chi connectivity index (χ0n) is 16.1. The number of carbonyl (C=O) groups is 2. The highest BCUT2D eigenvalue weighted by molar-refractivity contribution is 6.30. The summed E-state index contributed by atoms with van der Waals surface area (Å²) in [5, 5.41) is 3.51. The zero-order valence-corrected chi connectivity index (χ0v) is 16.9. The number of hydrogen-bond donors (Lipinski definition) is 1. The zero-order chi connectivity index (χ0) is 19.5. The summed E-state index contributed by atoms with van der Waals surface area (Å²) < 4.78 is 5.67. The Morgan fingerprint density at radius 2 is 1.82 bits per heavy atom. The molecule has 152 valence electrons. The van der Waals surface area contributed by atoms with Crippen molar-refractivity contribution in [3.63, 3.8) is 0 Å². The number of piperidine rings is 1. The maximum absolute atomic E-state index is 12.4. The van der Waals surface area contributed by atoms with Gasteiger partial charge in [0.25, 0.3) is 5.91 Å². The first-order valence-corrected chi connectivity index (χ1v) is 10.7. The average Bonchev–Trinajstić information content (AvgIpc) is 2.67. The first kappa shape index (κ1) is 19.7. The van der Waals surface area contributed by atoms with Crippen molar-refractivity contribution < 1.29 is 14.3 Å². The minimum absolute atomic E-state index is 0.0716. The number of nitrogens with zero attached hydrogens (tertiary/aromatic N) is 2. The highest BCUT2D eigenvalue weighted by Crippen LogP contribution is 2.29. The van der Waals surface area contributed by atoms with Gasteiger partial charge in [-0.2, -0.15) is 0 Å². The summed E-state index contributed by atoms with van der Waals surface area (Å²) in [4.78, 5) is 29.3. The van der Waals surface area contributed by atoms with Gasteiger partial charge in [-0.15, -0.1) is 0 Å². The van der Waals surface area contributed by atoms with Crippen LogP contribution in [0.15, 0.2) is 24.3 Å². The van der Waals surface area contributed by atoms with E-state index in [1.807, 2.05) is 4.90 Å². The molecule has 1 aromatic carbocycles. The fourth-order valence-electron chi connectivity index (χ4n) is 4.35. The molecule has 0 spiro atoms. The first-order chi connectivity index (χ1) is 13.6. The minimum Gasteiger partial charge on any atom is -0.365 e. The van der Waals surface area contributed by atoms with Crippen molar-refractivity contribution in [1.82, 2.24) is 15.1 Å². The number of amides is 2. The van der Waals surface area contributed by atoms with E-state index in [2.05, 4.69) is 10.2 Å². The minimum atomic E-state index is -0.168. The molecule has 2 amide bonds. The summed E-state index contributed by atoms with van der Waals surface area (Å²) in [5.41, 5.74) is 0.566. The van der Waals surface area contributed by atoms with Crippen LogP contribution in [0.1, 0.15) is 42.5 Å². The van der Waals surface area contributed by atoms with Crippen LogP contribution in [0.3, 0.4) is 0 Å². The second-order valence-corrected chi connectivity index (χ2v) is 8.48. The summed E-state index contributed by atoms with van der Waals surface area (Å²) >= 11 is 5.86. The summed E-state index contributed by atoms with van der Waals surface area (Å²) in [7, 11) is 0. The molecule has 3 fully saturated rings. The molecule has 1 aliphatic carbocycles. The number of nitrogens with one attached hydrogen (secondary N) is 1. The second kappa shape index (κ2) is 8.80. The Bertz CT molecular complexity index is 699. The van der Waals surface area contributed by atoms with E-state index in [1.165, 1.54) is 19.3 Å². The van der Waals surface area contributed by atoms with Gasteiger partial charge < -0.3 is 19.9 Å². The topological polar surface area (TPSA) is 61.9 Å². The lowest BCUT2D eigenvalue weighted by Crippen LogP contribution is -2.57. The van der Waals surface area contributed by atoms with E-state index in [0.29, 0.717) is 29.7 Å². The van der Waals surface area contributed by atoms with Gasteiger partial charge in [0.1, 0.15) is 6.61 Å². The number of hydrogen-bond acceptors (Lipinski definition) is 4. The molecule has 0 radical (unpaired) electrons.